The fourth-order valence-electron chi connectivity index (χ4n) is 3.71. The number of esters is 1. The van der Waals surface area contributed by atoms with Crippen LogP contribution in [0.25, 0.3) is 0 Å². The number of Topliss-reactive ketones (excluding diaryl/α,β-unsaturated/α-hetero) is 1. The van der Waals surface area contributed by atoms with Crippen molar-refractivity contribution in [3.8, 4) is 11.5 Å². The first-order chi connectivity index (χ1) is 13.8. The number of quaternary nitrogens is 1. The van der Waals surface area contributed by atoms with E-state index in [-0.39, 0.29) is 17.9 Å². The summed E-state index contributed by atoms with van der Waals surface area (Å²) in [6.45, 7) is 10.6. The Kier molecular flexibility index (Phi) is 6.27. The highest BCUT2D eigenvalue weighted by Gasteiger charge is 2.28. The summed E-state index contributed by atoms with van der Waals surface area (Å²) in [4.78, 5) is 28.3. The van der Waals surface area contributed by atoms with Gasteiger partial charge < -0.3 is 24.5 Å². The normalized spacial score (nSPS) is 14.9. The Morgan fingerprint density at radius 1 is 1.17 bits per heavy atom. The van der Waals surface area contributed by atoms with Crippen LogP contribution in [0.4, 0.5) is 0 Å². The summed E-state index contributed by atoms with van der Waals surface area (Å²) in [7, 11) is 0. The largest absolute Gasteiger partial charge is 0.486 e. The molecule has 3 rings (SSSR count). The van der Waals surface area contributed by atoms with Crippen LogP contribution in [-0.4, -0.2) is 42.6 Å². The van der Waals surface area contributed by atoms with Gasteiger partial charge in [-0.25, -0.2) is 4.79 Å². The predicted octanol–water partition coefficient (Wildman–Crippen LogP) is 2.48. The van der Waals surface area contributed by atoms with Gasteiger partial charge in [0.05, 0.1) is 17.9 Å². The number of nitrogens with two attached hydrogens (primary N) is 1. The first kappa shape index (κ1) is 20.9. The third-order valence-corrected chi connectivity index (χ3v) is 5.25. The van der Waals surface area contributed by atoms with Crippen molar-refractivity contribution in [2.75, 3.05) is 19.8 Å². The Labute approximate surface area is 170 Å². The first-order valence-electron chi connectivity index (χ1n) is 9.98. The van der Waals surface area contributed by atoms with Crippen molar-refractivity contribution in [3.63, 3.8) is 0 Å². The molecule has 0 aliphatic carbocycles. The van der Waals surface area contributed by atoms with Gasteiger partial charge in [0.1, 0.15) is 25.3 Å². The quantitative estimate of drug-likeness (QED) is 0.549. The molecule has 1 aliphatic heterocycles. The minimum absolute atomic E-state index is 0.0469. The summed E-state index contributed by atoms with van der Waals surface area (Å²) in [5, 5.41) is 2.01. The Bertz CT molecular complexity index is 918. The second kappa shape index (κ2) is 8.69. The fraction of sp³-hybridized carbons (Fsp3) is 0.455. The van der Waals surface area contributed by atoms with Crippen LogP contribution in [0.3, 0.4) is 0 Å². The van der Waals surface area contributed by atoms with Crippen LogP contribution in [0.1, 0.15) is 64.5 Å². The van der Waals surface area contributed by atoms with Crippen LogP contribution >= 0.6 is 0 Å². The summed E-state index contributed by atoms with van der Waals surface area (Å²) in [6, 6.07) is 5.59. The molecule has 7 heteroatoms. The molecule has 7 nitrogen and oxygen atoms in total. The number of fused-ring (bicyclic) bond motifs is 1. The summed E-state index contributed by atoms with van der Waals surface area (Å²) in [5.74, 6) is 1.04. The van der Waals surface area contributed by atoms with Gasteiger partial charge in [-0.1, -0.05) is 0 Å². The number of hydrogen-bond acceptors (Lipinski definition) is 5. The maximum atomic E-state index is 13.1. The molecule has 3 N–H and O–H groups in total. The number of nitrogens with one attached hydrogen (secondary N) is 1. The third kappa shape index (κ3) is 4.29. The van der Waals surface area contributed by atoms with Gasteiger partial charge in [0.25, 0.3) is 0 Å². The minimum atomic E-state index is -0.404. The van der Waals surface area contributed by atoms with Crippen molar-refractivity contribution in [1.29, 1.82) is 0 Å². The van der Waals surface area contributed by atoms with Gasteiger partial charge >= 0.3 is 5.97 Å². The van der Waals surface area contributed by atoms with Crippen LogP contribution < -0.4 is 14.8 Å². The average Bonchev–Trinajstić information content (AvgIpc) is 3.01. The van der Waals surface area contributed by atoms with E-state index in [4.69, 9.17) is 14.2 Å². The van der Waals surface area contributed by atoms with Gasteiger partial charge in [0.2, 0.25) is 5.78 Å². The molecule has 0 bridgehead atoms. The molecule has 2 atom stereocenters. The number of rotatable bonds is 7. The van der Waals surface area contributed by atoms with Crippen LogP contribution in [0, 0.1) is 13.8 Å². The smallest absolute Gasteiger partial charge is 0.340 e. The van der Waals surface area contributed by atoms with E-state index in [1.54, 1.807) is 20.8 Å². The molecular weight excluding hydrogens is 372 g/mol. The highest BCUT2D eigenvalue weighted by molar-refractivity contribution is 6.03. The zero-order valence-corrected chi connectivity index (χ0v) is 17.6. The van der Waals surface area contributed by atoms with Gasteiger partial charge in [0.15, 0.2) is 11.5 Å². The molecule has 0 unspecified atom stereocenters. The van der Waals surface area contributed by atoms with Crippen molar-refractivity contribution < 1.29 is 29.1 Å². The van der Waals surface area contributed by atoms with Crippen molar-refractivity contribution in [1.82, 2.24) is 4.98 Å². The Morgan fingerprint density at radius 3 is 2.55 bits per heavy atom. The highest BCUT2D eigenvalue weighted by Crippen LogP contribution is 2.32. The van der Waals surface area contributed by atoms with Crippen LogP contribution in [0.2, 0.25) is 0 Å². The van der Waals surface area contributed by atoms with E-state index in [1.165, 1.54) is 0 Å². The summed E-state index contributed by atoms with van der Waals surface area (Å²) in [6.07, 6.45) is 0. The van der Waals surface area contributed by atoms with E-state index >= 15 is 0 Å². The molecule has 0 fully saturated rings. The molecule has 1 aromatic heterocycles. The molecule has 0 spiro atoms. The molecule has 156 valence electrons. The molecular formula is C22H29N2O5+. The lowest BCUT2D eigenvalue weighted by atomic mass is 10.0. The average molecular weight is 401 g/mol. The van der Waals surface area contributed by atoms with Crippen LogP contribution in [0.5, 0.6) is 11.5 Å². The molecule has 0 saturated heterocycles. The zero-order valence-electron chi connectivity index (χ0n) is 17.6. The van der Waals surface area contributed by atoms with Crippen molar-refractivity contribution in [2.24, 2.45) is 0 Å². The summed E-state index contributed by atoms with van der Waals surface area (Å²) < 4.78 is 16.3. The highest BCUT2D eigenvalue weighted by atomic mass is 16.6. The number of ether oxygens (including phenoxy) is 3. The second-order valence-corrected chi connectivity index (χ2v) is 7.38. The maximum absolute atomic E-state index is 13.1. The van der Waals surface area contributed by atoms with Gasteiger partial charge in [-0.3, -0.25) is 4.79 Å². The van der Waals surface area contributed by atoms with E-state index in [9.17, 15) is 9.59 Å². The minimum Gasteiger partial charge on any atom is -0.486 e. The number of hydrogen-bond donors (Lipinski definition) is 2. The number of benzene rings is 1. The van der Waals surface area contributed by atoms with E-state index in [0.717, 1.165) is 17.1 Å². The monoisotopic (exact) mass is 401 g/mol. The standard InChI is InChI=1S/C22H28N2O5/c1-6-27-22(26)19-12(2)20(24-14(19)4)21(25)15(5)23-13(3)16-7-8-17-18(11-16)29-10-9-28-17/h7-8,11,13,15,23-24H,6,9-10H2,1-5H3/p+1/t13-,15+/m1/s1. The number of H-pyrrole nitrogens is 1. The molecule has 29 heavy (non-hydrogen) atoms. The van der Waals surface area contributed by atoms with E-state index < -0.39 is 5.97 Å². The topological polar surface area (TPSA) is 94.2 Å². The maximum Gasteiger partial charge on any atom is 0.340 e. The fourth-order valence-corrected chi connectivity index (χ4v) is 3.71. The molecule has 0 amide bonds. The molecule has 1 aliphatic rings. The van der Waals surface area contributed by atoms with Gasteiger partial charge in [0, 0.05) is 11.3 Å². The molecule has 0 saturated carbocycles. The molecule has 0 radical (unpaired) electrons. The van der Waals surface area contributed by atoms with Gasteiger partial charge in [-0.2, -0.15) is 0 Å². The van der Waals surface area contributed by atoms with E-state index in [1.807, 2.05) is 37.4 Å². The number of ketones is 1. The SMILES string of the molecule is CCOC(=O)c1c(C)[nH]c(C(=O)[C@H](C)[NH2+][C@H](C)c2ccc3c(c2)OCCO3)c1C. The number of aromatic amines is 1. The zero-order chi connectivity index (χ0) is 21.1. The predicted molar refractivity (Wildman–Crippen MR) is 108 cm³/mol. The first-order valence-corrected chi connectivity index (χ1v) is 9.98. The molecule has 2 heterocycles. The Hall–Kier alpha value is -2.80. The van der Waals surface area contributed by atoms with Gasteiger partial charge in [-0.05, 0) is 58.4 Å². The molecule has 2 aromatic rings. The third-order valence-electron chi connectivity index (χ3n) is 5.25. The number of carbonyl (C=O) groups is 2. The lowest BCUT2D eigenvalue weighted by molar-refractivity contribution is -0.709. The summed E-state index contributed by atoms with van der Waals surface area (Å²) >= 11 is 0. The van der Waals surface area contributed by atoms with Crippen molar-refractivity contribution >= 4 is 11.8 Å². The lowest BCUT2D eigenvalue weighted by Crippen LogP contribution is -2.91. The second-order valence-electron chi connectivity index (χ2n) is 7.38. The van der Waals surface area contributed by atoms with Crippen molar-refractivity contribution in [3.05, 3.63) is 46.3 Å². The van der Waals surface area contributed by atoms with Crippen LogP contribution in [-0.2, 0) is 4.74 Å². The van der Waals surface area contributed by atoms with Crippen LogP contribution in [0.15, 0.2) is 18.2 Å². The Morgan fingerprint density at radius 2 is 1.86 bits per heavy atom. The van der Waals surface area contributed by atoms with E-state index in [2.05, 4.69) is 4.98 Å². The van der Waals surface area contributed by atoms with E-state index in [0.29, 0.717) is 42.3 Å². The molecule has 1 aromatic carbocycles. The number of aromatic nitrogens is 1. The van der Waals surface area contributed by atoms with Gasteiger partial charge in [-0.15, -0.1) is 0 Å². The van der Waals surface area contributed by atoms with Crippen molar-refractivity contribution in [2.45, 2.75) is 46.7 Å². The number of aryl methyl sites for hydroxylation is 1. The number of carbonyl (C=O) groups excluding carboxylic acids is 2. The Balaban J connectivity index is 1.74. The lowest BCUT2D eigenvalue weighted by Gasteiger charge is -2.21. The summed E-state index contributed by atoms with van der Waals surface area (Å²) in [5.41, 5.74) is 3.25.